The molecule has 1 atom stereocenters. The van der Waals surface area contributed by atoms with Crippen LogP contribution in [0.3, 0.4) is 0 Å². The highest BCUT2D eigenvalue weighted by molar-refractivity contribution is 7.87. The van der Waals surface area contributed by atoms with E-state index in [1.165, 1.54) is 0 Å². The minimum atomic E-state index is -6.53. The van der Waals surface area contributed by atoms with Crippen molar-refractivity contribution in [1.29, 1.82) is 0 Å². The first-order valence-electron chi connectivity index (χ1n) is 6.89. The summed E-state index contributed by atoms with van der Waals surface area (Å²) in [5, 5.41) is 0. The highest BCUT2D eigenvalue weighted by atomic mass is 32.2. The molecule has 1 aliphatic heterocycles. The second kappa shape index (κ2) is 6.23. The van der Waals surface area contributed by atoms with Crippen molar-refractivity contribution >= 4 is 16.0 Å². The monoisotopic (exact) mass is 445 g/mol. The Morgan fingerprint density at radius 2 is 1.36 bits per heavy atom. The minimum absolute atomic E-state index is 0.0635. The van der Waals surface area contributed by atoms with Crippen LogP contribution in [0.4, 0.5) is 39.5 Å². The molecule has 28 heavy (non-hydrogen) atoms. The molecule has 0 bridgehead atoms. The molecule has 5 nitrogen and oxygen atoms in total. The Morgan fingerprint density at radius 3 is 1.64 bits per heavy atom. The van der Waals surface area contributed by atoms with Crippen LogP contribution in [0.5, 0.6) is 0 Å². The number of hydrogen-bond donors (Lipinski definition) is 0. The van der Waals surface area contributed by atoms with Gasteiger partial charge in [-0.1, -0.05) is 0 Å². The molecule has 0 spiro atoms. The molecular formula is C13H8F9NO4S. The Morgan fingerprint density at radius 1 is 0.929 bits per heavy atom. The molecule has 0 N–H and O–H groups in total. The van der Waals surface area contributed by atoms with Crippen LogP contribution >= 0.6 is 0 Å². The zero-order valence-electron chi connectivity index (χ0n) is 13.3. The van der Waals surface area contributed by atoms with Gasteiger partial charge in [0, 0.05) is 7.05 Å². The van der Waals surface area contributed by atoms with Gasteiger partial charge in [-0.3, -0.25) is 4.79 Å². The molecule has 0 aliphatic carbocycles. The number of halogens is 9. The number of alkyl halides is 9. The maximum atomic E-state index is 12.9. The summed E-state index contributed by atoms with van der Waals surface area (Å²) < 4.78 is 142. The Bertz CT molecular complexity index is 872. The third-order valence-electron chi connectivity index (χ3n) is 3.74. The summed E-state index contributed by atoms with van der Waals surface area (Å²) in [5.41, 5.74) is -14.5. The average molecular weight is 445 g/mol. The Kier molecular flexibility index (Phi) is 4.96. The second-order valence-electron chi connectivity index (χ2n) is 5.77. The van der Waals surface area contributed by atoms with Crippen molar-refractivity contribution < 1.29 is 56.9 Å². The van der Waals surface area contributed by atoms with E-state index in [-0.39, 0.29) is 18.2 Å². The summed E-state index contributed by atoms with van der Waals surface area (Å²) in [5.74, 6) is -1.56. The number of carbonyl (C=O) groups excluding carboxylic acids is 1. The molecular weight excluding hydrogens is 437 g/mol. The van der Waals surface area contributed by atoms with Crippen LogP contribution in [0.1, 0.15) is 16.7 Å². The van der Waals surface area contributed by atoms with E-state index in [9.17, 15) is 52.7 Å². The molecule has 1 heterocycles. The van der Waals surface area contributed by atoms with Crippen LogP contribution in [0.15, 0.2) is 18.2 Å². The van der Waals surface area contributed by atoms with E-state index in [1.807, 2.05) is 0 Å². The summed E-state index contributed by atoms with van der Waals surface area (Å²) >= 11 is 0. The Balaban J connectivity index is 2.74. The normalized spacial score (nSPS) is 21.6. The van der Waals surface area contributed by atoms with Crippen LogP contribution in [0, 0.1) is 0 Å². The van der Waals surface area contributed by atoms with E-state index in [2.05, 4.69) is 4.18 Å². The second-order valence-corrected chi connectivity index (χ2v) is 7.30. The van der Waals surface area contributed by atoms with Crippen molar-refractivity contribution in [2.24, 2.45) is 0 Å². The van der Waals surface area contributed by atoms with E-state index in [4.69, 9.17) is 0 Å². The van der Waals surface area contributed by atoms with Crippen LogP contribution in [-0.2, 0) is 37.0 Å². The zero-order valence-corrected chi connectivity index (χ0v) is 14.1. The third-order valence-corrected chi connectivity index (χ3v) is 4.81. The number of likely N-dealkylation sites (N-methyl/N-ethyl adjacent to an activating group) is 1. The van der Waals surface area contributed by atoms with Crippen molar-refractivity contribution in [3.05, 3.63) is 34.9 Å². The van der Waals surface area contributed by atoms with Gasteiger partial charge in [0.15, 0.2) is 0 Å². The van der Waals surface area contributed by atoms with Gasteiger partial charge >= 0.3 is 28.0 Å². The molecule has 0 aromatic heterocycles. The lowest BCUT2D eigenvalue weighted by Crippen LogP contribution is -2.65. The molecule has 2 rings (SSSR count). The van der Waals surface area contributed by atoms with E-state index in [0.29, 0.717) is 4.90 Å². The van der Waals surface area contributed by atoms with Gasteiger partial charge in [0.25, 0.3) is 5.91 Å². The molecule has 0 saturated carbocycles. The molecule has 1 saturated heterocycles. The summed E-state index contributed by atoms with van der Waals surface area (Å²) in [6, 6.07) is -0.458. The van der Waals surface area contributed by atoms with Gasteiger partial charge in [-0.25, -0.2) is 4.18 Å². The Hall–Kier alpha value is -2.03. The van der Waals surface area contributed by atoms with Crippen LogP contribution in [0.2, 0.25) is 0 Å². The molecule has 1 unspecified atom stereocenters. The van der Waals surface area contributed by atoms with Gasteiger partial charge in [0.05, 0.1) is 17.7 Å². The van der Waals surface area contributed by atoms with Crippen molar-refractivity contribution in [3.63, 3.8) is 0 Å². The molecule has 1 aromatic rings. The fraction of sp³-hybridized carbons (Fsp3) is 0.462. The highest BCUT2D eigenvalue weighted by Gasteiger charge is 2.61. The number of likely N-dealkylation sites (tertiary alicyclic amines) is 1. The number of nitrogens with zero attached hydrogens (tertiary/aromatic N) is 1. The van der Waals surface area contributed by atoms with Crippen molar-refractivity contribution in [2.45, 2.75) is 23.5 Å². The summed E-state index contributed by atoms with van der Waals surface area (Å²) in [7, 11) is -5.59. The van der Waals surface area contributed by atoms with E-state index in [0.717, 1.165) is 7.05 Å². The lowest BCUT2D eigenvalue weighted by molar-refractivity contribution is -0.171. The minimum Gasteiger partial charge on any atom is -0.339 e. The number of benzene rings is 1. The highest BCUT2D eigenvalue weighted by Crippen LogP contribution is 2.45. The summed E-state index contributed by atoms with van der Waals surface area (Å²) in [6.07, 6.45) is -10.8. The quantitative estimate of drug-likeness (QED) is 0.310. The molecule has 0 radical (unpaired) electrons. The molecule has 1 aromatic carbocycles. The predicted octanol–water partition coefficient (Wildman–Crippen LogP) is 3.26. The average Bonchev–Trinajstić information content (AvgIpc) is 2.50. The van der Waals surface area contributed by atoms with E-state index >= 15 is 0 Å². The summed E-state index contributed by atoms with van der Waals surface area (Å²) in [4.78, 5) is 12.6. The van der Waals surface area contributed by atoms with Crippen molar-refractivity contribution in [1.82, 2.24) is 4.90 Å². The number of β-lactam (4-membered cyclic amide) rings is 1. The topological polar surface area (TPSA) is 63.7 Å². The standard InChI is InChI=1S/C13H8F9NO4S/c1-23-5-10(9(23)24,27-28(25,26)13(20,21)22)6-2-7(11(14,15)16)4-8(3-6)12(17,18)19/h2-4H,5H2,1H3. The molecule has 15 heteroatoms. The van der Waals surface area contributed by atoms with Gasteiger partial charge in [-0.2, -0.15) is 47.9 Å². The van der Waals surface area contributed by atoms with Crippen LogP contribution < -0.4 is 0 Å². The van der Waals surface area contributed by atoms with Crippen molar-refractivity contribution in [2.75, 3.05) is 13.6 Å². The first-order valence-corrected chi connectivity index (χ1v) is 8.29. The fourth-order valence-corrected chi connectivity index (χ4v) is 3.13. The third kappa shape index (κ3) is 3.76. The largest absolute Gasteiger partial charge is 0.523 e. The maximum Gasteiger partial charge on any atom is 0.523 e. The van der Waals surface area contributed by atoms with Gasteiger partial charge in [-0.15, -0.1) is 0 Å². The molecule has 1 fully saturated rings. The first kappa shape index (κ1) is 22.3. The predicted molar refractivity (Wildman–Crippen MR) is 71.8 cm³/mol. The lowest BCUT2D eigenvalue weighted by Gasteiger charge is -2.46. The number of carbonyl (C=O) groups is 1. The lowest BCUT2D eigenvalue weighted by atomic mass is 9.83. The SMILES string of the molecule is CN1CC(OS(=O)(=O)C(F)(F)F)(c2cc(C(F)(F)F)cc(C(F)(F)F)c2)C1=O. The Labute approximate surface area is 150 Å². The van der Waals surface area contributed by atoms with Gasteiger partial charge in [0.1, 0.15) is 0 Å². The van der Waals surface area contributed by atoms with Crippen molar-refractivity contribution in [3.8, 4) is 0 Å². The molecule has 1 aliphatic rings. The number of hydrogen-bond acceptors (Lipinski definition) is 4. The maximum absolute atomic E-state index is 12.9. The molecule has 158 valence electrons. The zero-order chi connectivity index (χ0) is 21.9. The van der Waals surface area contributed by atoms with Crippen LogP contribution in [-0.4, -0.2) is 38.3 Å². The number of amides is 1. The fourth-order valence-electron chi connectivity index (χ4n) is 2.44. The molecule has 1 amide bonds. The van der Waals surface area contributed by atoms with E-state index < -0.39 is 62.7 Å². The van der Waals surface area contributed by atoms with Gasteiger partial charge in [0.2, 0.25) is 5.60 Å². The smallest absolute Gasteiger partial charge is 0.339 e. The summed E-state index contributed by atoms with van der Waals surface area (Å²) in [6.45, 7) is -1.03. The van der Waals surface area contributed by atoms with Gasteiger partial charge < -0.3 is 4.90 Å². The first-order chi connectivity index (χ1) is 12.3. The van der Waals surface area contributed by atoms with Gasteiger partial charge in [-0.05, 0) is 23.8 Å². The van der Waals surface area contributed by atoms with E-state index in [1.54, 1.807) is 0 Å². The van der Waals surface area contributed by atoms with Crippen LogP contribution in [0.25, 0.3) is 0 Å². The number of rotatable bonds is 3.